The van der Waals surface area contributed by atoms with E-state index >= 15 is 0 Å². The monoisotopic (exact) mass is 214 g/mol. The molecule has 2 amide bonds. The standard InChI is InChI=1S/C10H18N2O3/c1-3-15-10(14)12-6-4-9(5-7-12)11-8(2)13/h9H,3-7H2,1-2H3,(H,11,13). The number of piperidine rings is 1. The fraction of sp³-hybridized carbons (Fsp3) is 0.800. The Bertz CT molecular complexity index is 235. The van der Waals surface area contributed by atoms with E-state index in [-0.39, 0.29) is 18.0 Å². The van der Waals surface area contributed by atoms with Gasteiger partial charge in [0.15, 0.2) is 0 Å². The molecule has 5 heteroatoms. The maximum atomic E-state index is 11.3. The molecule has 0 aromatic carbocycles. The van der Waals surface area contributed by atoms with E-state index < -0.39 is 0 Å². The predicted octanol–water partition coefficient (Wildman–Crippen LogP) is 0.743. The molecule has 0 saturated carbocycles. The van der Waals surface area contributed by atoms with Gasteiger partial charge in [0, 0.05) is 26.1 Å². The summed E-state index contributed by atoms with van der Waals surface area (Å²) in [7, 11) is 0. The zero-order valence-corrected chi connectivity index (χ0v) is 9.28. The van der Waals surface area contributed by atoms with Crippen LogP contribution in [0.2, 0.25) is 0 Å². The summed E-state index contributed by atoms with van der Waals surface area (Å²) >= 11 is 0. The molecule has 1 saturated heterocycles. The second-order valence-corrected chi connectivity index (χ2v) is 3.66. The van der Waals surface area contributed by atoms with Crippen molar-refractivity contribution >= 4 is 12.0 Å². The molecule has 0 bridgehead atoms. The predicted molar refractivity (Wildman–Crippen MR) is 55.4 cm³/mol. The van der Waals surface area contributed by atoms with Crippen molar-refractivity contribution in [2.75, 3.05) is 19.7 Å². The minimum absolute atomic E-state index is 0.00964. The summed E-state index contributed by atoms with van der Waals surface area (Å²) in [5.74, 6) is -0.00964. The maximum absolute atomic E-state index is 11.3. The second kappa shape index (κ2) is 5.58. The van der Waals surface area contributed by atoms with Crippen LogP contribution in [0.25, 0.3) is 0 Å². The van der Waals surface area contributed by atoms with Crippen molar-refractivity contribution in [2.45, 2.75) is 32.7 Å². The summed E-state index contributed by atoms with van der Waals surface area (Å²) in [5.41, 5.74) is 0. The van der Waals surface area contributed by atoms with Crippen molar-refractivity contribution in [2.24, 2.45) is 0 Å². The summed E-state index contributed by atoms with van der Waals surface area (Å²) < 4.78 is 4.90. The Balaban J connectivity index is 2.29. The Morgan fingerprint density at radius 1 is 1.40 bits per heavy atom. The van der Waals surface area contributed by atoms with E-state index in [9.17, 15) is 9.59 Å². The average molecular weight is 214 g/mol. The van der Waals surface area contributed by atoms with Crippen molar-refractivity contribution < 1.29 is 14.3 Å². The number of carbonyl (C=O) groups is 2. The second-order valence-electron chi connectivity index (χ2n) is 3.66. The molecule has 5 nitrogen and oxygen atoms in total. The summed E-state index contributed by atoms with van der Waals surface area (Å²) in [6, 6.07) is 0.202. The van der Waals surface area contributed by atoms with Crippen LogP contribution < -0.4 is 5.32 Å². The van der Waals surface area contributed by atoms with Gasteiger partial charge in [-0.25, -0.2) is 4.79 Å². The molecule has 86 valence electrons. The number of ether oxygens (including phenoxy) is 1. The largest absolute Gasteiger partial charge is 0.450 e. The van der Waals surface area contributed by atoms with E-state index in [2.05, 4.69) is 5.32 Å². The minimum atomic E-state index is -0.251. The van der Waals surface area contributed by atoms with Gasteiger partial charge in [-0.2, -0.15) is 0 Å². The summed E-state index contributed by atoms with van der Waals surface area (Å²) in [6.45, 7) is 5.03. The van der Waals surface area contributed by atoms with Crippen LogP contribution in [0.3, 0.4) is 0 Å². The van der Waals surface area contributed by atoms with E-state index in [1.807, 2.05) is 0 Å². The number of nitrogens with zero attached hydrogens (tertiary/aromatic N) is 1. The SMILES string of the molecule is CCOC(=O)N1CCC(NC(C)=O)CC1. The third kappa shape index (κ3) is 3.77. The first kappa shape index (κ1) is 11.8. The molecular weight excluding hydrogens is 196 g/mol. The molecule has 0 aromatic heterocycles. The zero-order chi connectivity index (χ0) is 11.3. The molecule has 0 aromatic rings. The minimum Gasteiger partial charge on any atom is -0.450 e. The first-order valence-corrected chi connectivity index (χ1v) is 5.32. The van der Waals surface area contributed by atoms with Crippen LogP contribution in [0.1, 0.15) is 26.7 Å². The van der Waals surface area contributed by atoms with Crippen LogP contribution in [-0.4, -0.2) is 42.6 Å². The normalized spacial score (nSPS) is 17.3. The van der Waals surface area contributed by atoms with Gasteiger partial charge in [-0.05, 0) is 19.8 Å². The first-order chi connectivity index (χ1) is 7.13. The first-order valence-electron chi connectivity index (χ1n) is 5.32. The molecule has 1 N–H and O–H groups in total. The van der Waals surface area contributed by atoms with Crippen LogP contribution in [0, 0.1) is 0 Å². The van der Waals surface area contributed by atoms with Gasteiger partial charge in [0.05, 0.1) is 6.61 Å². The summed E-state index contributed by atoms with van der Waals surface area (Å²) in [4.78, 5) is 23.8. The van der Waals surface area contributed by atoms with E-state index in [0.29, 0.717) is 19.7 Å². The lowest BCUT2D eigenvalue weighted by Gasteiger charge is -2.31. The molecule has 1 fully saturated rings. The van der Waals surface area contributed by atoms with E-state index in [1.165, 1.54) is 6.92 Å². The van der Waals surface area contributed by atoms with Crippen LogP contribution >= 0.6 is 0 Å². The van der Waals surface area contributed by atoms with E-state index in [0.717, 1.165) is 12.8 Å². The van der Waals surface area contributed by atoms with Crippen LogP contribution in [-0.2, 0) is 9.53 Å². The summed E-state index contributed by atoms with van der Waals surface area (Å²) in [6.07, 6.45) is 1.36. The quantitative estimate of drug-likeness (QED) is 0.737. The zero-order valence-electron chi connectivity index (χ0n) is 9.28. The van der Waals surface area contributed by atoms with Crippen molar-refractivity contribution in [1.82, 2.24) is 10.2 Å². The Labute approximate surface area is 89.8 Å². The molecule has 15 heavy (non-hydrogen) atoms. The highest BCUT2D eigenvalue weighted by Gasteiger charge is 2.23. The Kier molecular flexibility index (Phi) is 4.39. The number of amides is 2. The van der Waals surface area contributed by atoms with Crippen molar-refractivity contribution in [3.63, 3.8) is 0 Å². The lowest BCUT2D eigenvalue weighted by molar-refractivity contribution is -0.119. The smallest absolute Gasteiger partial charge is 0.409 e. The van der Waals surface area contributed by atoms with E-state index in [4.69, 9.17) is 4.74 Å². The molecule has 1 aliphatic heterocycles. The van der Waals surface area contributed by atoms with Gasteiger partial charge >= 0.3 is 6.09 Å². The van der Waals surface area contributed by atoms with Gasteiger partial charge in [0.2, 0.25) is 5.91 Å². The van der Waals surface area contributed by atoms with Crippen molar-refractivity contribution in [3.05, 3.63) is 0 Å². The fourth-order valence-electron chi connectivity index (χ4n) is 1.71. The highest BCUT2D eigenvalue weighted by molar-refractivity contribution is 5.73. The number of rotatable bonds is 2. The highest BCUT2D eigenvalue weighted by atomic mass is 16.6. The van der Waals surface area contributed by atoms with Gasteiger partial charge in [0.1, 0.15) is 0 Å². The Hall–Kier alpha value is -1.26. The fourth-order valence-corrected chi connectivity index (χ4v) is 1.71. The molecular formula is C10H18N2O3. The molecule has 0 unspecified atom stereocenters. The number of hydrogen-bond acceptors (Lipinski definition) is 3. The number of carbonyl (C=O) groups excluding carboxylic acids is 2. The van der Waals surface area contributed by atoms with Crippen LogP contribution in [0.15, 0.2) is 0 Å². The van der Waals surface area contributed by atoms with E-state index in [1.54, 1.807) is 11.8 Å². The Morgan fingerprint density at radius 2 is 2.00 bits per heavy atom. The highest BCUT2D eigenvalue weighted by Crippen LogP contribution is 2.11. The Morgan fingerprint density at radius 3 is 2.47 bits per heavy atom. The lowest BCUT2D eigenvalue weighted by atomic mass is 10.1. The van der Waals surface area contributed by atoms with Gasteiger partial charge in [-0.3, -0.25) is 4.79 Å². The maximum Gasteiger partial charge on any atom is 0.409 e. The topological polar surface area (TPSA) is 58.6 Å². The molecule has 1 rings (SSSR count). The van der Waals surface area contributed by atoms with Crippen LogP contribution in [0.4, 0.5) is 4.79 Å². The molecule has 1 aliphatic rings. The number of hydrogen-bond donors (Lipinski definition) is 1. The molecule has 0 aliphatic carbocycles. The summed E-state index contributed by atoms with van der Waals surface area (Å²) in [5, 5.41) is 2.86. The van der Waals surface area contributed by atoms with Gasteiger partial charge in [-0.1, -0.05) is 0 Å². The average Bonchev–Trinajstić information content (AvgIpc) is 2.18. The molecule has 0 atom stereocenters. The van der Waals surface area contributed by atoms with Gasteiger partial charge < -0.3 is 15.0 Å². The van der Waals surface area contributed by atoms with Crippen molar-refractivity contribution in [3.8, 4) is 0 Å². The van der Waals surface area contributed by atoms with Crippen LogP contribution in [0.5, 0.6) is 0 Å². The van der Waals surface area contributed by atoms with Gasteiger partial charge in [0.25, 0.3) is 0 Å². The molecule has 1 heterocycles. The van der Waals surface area contributed by atoms with Crippen molar-refractivity contribution in [1.29, 1.82) is 0 Å². The molecule has 0 radical (unpaired) electrons. The third-order valence-corrected chi connectivity index (χ3v) is 2.43. The lowest BCUT2D eigenvalue weighted by Crippen LogP contribution is -2.46. The van der Waals surface area contributed by atoms with Gasteiger partial charge in [-0.15, -0.1) is 0 Å². The molecule has 0 spiro atoms. The number of nitrogens with one attached hydrogen (secondary N) is 1. The third-order valence-electron chi connectivity index (χ3n) is 2.43. The number of likely N-dealkylation sites (tertiary alicyclic amines) is 1.